The first-order chi connectivity index (χ1) is 48.3. The number of halogens is 3. The van der Waals surface area contributed by atoms with E-state index in [0.717, 1.165) is 87.1 Å². The minimum absolute atomic E-state index is 0.130. The lowest BCUT2D eigenvalue weighted by Gasteiger charge is -2.27. The van der Waals surface area contributed by atoms with E-state index in [2.05, 4.69) is 36.7 Å². The number of thiophene rings is 2. The molecule has 9 aromatic rings. The van der Waals surface area contributed by atoms with Crippen LogP contribution < -0.4 is 20.6 Å². The number of benzene rings is 2. The zero-order valence-electron chi connectivity index (χ0n) is 55.5. The van der Waals surface area contributed by atoms with E-state index in [-0.39, 0.29) is 36.6 Å². The van der Waals surface area contributed by atoms with Gasteiger partial charge in [-0.05, 0) is 114 Å². The van der Waals surface area contributed by atoms with Crippen LogP contribution in [0.25, 0.3) is 89.9 Å². The van der Waals surface area contributed by atoms with Gasteiger partial charge in [0.25, 0.3) is 0 Å². The Morgan fingerprint density at radius 1 is 0.646 bits per heavy atom. The van der Waals surface area contributed by atoms with E-state index in [4.69, 9.17) is 43.6 Å². The Balaban J connectivity index is 0.000000195. The molecule has 0 radical (unpaired) electrons. The Morgan fingerprint density at radius 2 is 1.27 bits per heavy atom. The molecule has 0 aliphatic carbocycles. The molecule has 0 saturated carbocycles. The van der Waals surface area contributed by atoms with Crippen LogP contribution in [-0.2, 0) is 61.5 Å². The maximum Gasteiger partial charge on any atom is 0.246 e. The third-order valence-corrected chi connectivity index (χ3v) is 18.5. The summed E-state index contributed by atoms with van der Waals surface area (Å²) < 4.78 is 77.7. The van der Waals surface area contributed by atoms with Crippen LogP contribution in [0, 0.1) is 11.6 Å². The molecule has 0 fully saturated rings. The van der Waals surface area contributed by atoms with Gasteiger partial charge in [0.2, 0.25) is 11.8 Å². The van der Waals surface area contributed by atoms with E-state index in [1.807, 2.05) is 92.4 Å². The molecule has 14 rings (SSSR count). The van der Waals surface area contributed by atoms with Gasteiger partial charge in [-0.1, -0.05) is 64.5 Å². The monoisotopic (exact) mass is 1370 g/mol. The third-order valence-electron chi connectivity index (χ3n) is 16.6. The van der Waals surface area contributed by atoms with Gasteiger partial charge in [0.05, 0.1) is 67.4 Å². The zero-order valence-corrected chi connectivity index (χ0v) is 57.2. The largest absolute Gasteiger partial charge is 0.493 e. The third kappa shape index (κ3) is 16.6. The number of pyridine rings is 4. The van der Waals surface area contributed by atoms with Crippen molar-refractivity contribution in [3.63, 3.8) is 0 Å². The topological polar surface area (TPSA) is 168 Å². The average molecular weight is 1370 g/mol. The average Bonchev–Trinajstić information content (AvgIpc) is 1.74. The summed E-state index contributed by atoms with van der Waals surface area (Å²) in [5.41, 5.74) is 11.3. The van der Waals surface area contributed by atoms with Gasteiger partial charge in [-0.3, -0.25) is 24.2 Å². The van der Waals surface area contributed by atoms with Crippen molar-refractivity contribution >= 4 is 85.2 Å². The number of nitrogens with zero attached hydrogens (tertiary/aromatic N) is 8. The number of anilines is 1. The Hall–Kier alpha value is -10.3. The Kier molecular flexibility index (Phi) is 23.5. The summed E-state index contributed by atoms with van der Waals surface area (Å²) in [6.07, 6.45) is 26.5. The fraction of sp³-hybridized carbons (Fsp3) is 0.244. The molecule has 2 aromatic carbocycles. The molecule has 508 valence electrons. The highest BCUT2D eigenvalue weighted by Gasteiger charge is 2.28. The second kappa shape index (κ2) is 33.3. The maximum atomic E-state index is 14.7. The highest BCUT2D eigenvalue weighted by atomic mass is 32.1. The fourth-order valence-electron chi connectivity index (χ4n) is 11.8. The van der Waals surface area contributed by atoms with Gasteiger partial charge in [-0.2, -0.15) is 5.10 Å². The molecular weight excluding hydrogens is 1300 g/mol. The van der Waals surface area contributed by atoms with Crippen LogP contribution in [0.2, 0.25) is 0 Å². The summed E-state index contributed by atoms with van der Waals surface area (Å²) >= 11 is 3.08. The number of aryl methyl sites for hydroxylation is 1. The highest BCUT2D eigenvalue weighted by molar-refractivity contribution is 7.18. The Labute approximate surface area is 581 Å². The molecule has 0 saturated heterocycles. The summed E-state index contributed by atoms with van der Waals surface area (Å²) in [4.78, 5) is 48.7. The number of allylic oxidation sites excluding steroid dienone is 4. The molecule has 0 unspecified atom stereocenters. The van der Waals surface area contributed by atoms with Crippen LogP contribution in [0.5, 0.6) is 5.75 Å². The second-order valence-corrected chi connectivity index (χ2v) is 24.8. The minimum atomic E-state index is -0.543. The van der Waals surface area contributed by atoms with E-state index in [1.165, 1.54) is 53.8 Å². The van der Waals surface area contributed by atoms with Gasteiger partial charge < -0.3 is 38.8 Å². The van der Waals surface area contributed by atoms with Gasteiger partial charge in [0.1, 0.15) is 47.9 Å². The second-order valence-electron chi connectivity index (χ2n) is 23.0. The standard InChI is InChI=1S/C39H38FN5O4S.C37H32F2N4O3S.C2H6/c1-5-29(40)19-30-20-33-38(27-18-28-25-45(37(46)6-2)12-10-34(28)41-24-27)43-35(32-11-17-50-39(32)33)21-31(22-36-26(3)23-42-44(36)4)48-14-9-7-8-13-47-15-16-49-30;1-2-33(44)43-13-10-30-24(22-43)18-23(21-41-30)35-34-28-9-7-26(39)20-32(28)46-16-15-45-14-5-3-4-12-40-31-19-25(38)6-8-27(31)36(42-35)29-11-17-47-37(29)34;1-2/h5-8,11,17-24H,1-3,9-10,12-16,25H2,4H3;2-3,5-9,11,17-21,40H,1,4,10,12-16,22H2;1-2H3/b8-7+,29-19+,30-20-,31-21-,36-22+;5-3+;. The molecule has 1 N–H and O–H groups in total. The van der Waals surface area contributed by atoms with Crippen molar-refractivity contribution in [2.45, 2.75) is 52.6 Å². The van der Waals surface area contributed by atoms with Gasteiger partial charge >= 0.3 is 0 Å². The molecule has 0 spiro atoms. The summed E-state index contributed by atoms with van der Waals surface area (Å²) in [5, 5.41) is 15.1. The molecule has 5 aliphatic heterocycles. The summed E-state index contributed by atoms with van der Waals surface area (Å²) in [6, 6.07) is 17.3. The summed E-state index contributed by atoms with van der Waals surface area (Å²) in [5.74, 6) is -0.346. The number of aromatic nitrogens is 6. The fourth-order valence-corrected chi connectivity index (χ4v) is 13.7. The number of hydrogen-bond donors (Lipinski definition) is 1. The lowest BCUT2D eigenvalue weighted by molar-refractivity contribution is -0.127. The van der Waals surface area contributed by atoms with E-state index in [9.17, 15) is 22.8 Å². The van der Waals surface area contributed by atoms with Gasteiger partial charge in [0.15, 0.2) is 0 Å². The van der Waals surface area contributed by atoms with Gasteiger partial charge in [0, 0.05) is 165 Å². The quantitative estimate of drug-likeness (QED) is 0.0910. The lowest BCUT2D eigenvalue weighted by Crippen LogP contribution is -2.35. The molecular formula is C78H76F3N9O7S2. The summed E-state index contributed by atoms with van der Waals surface area (Å²) in [7, 11) is 1.86. The van der Waals surface area contributed by atoms with Gasteiger partial charge in [-0.25, -0.2) is 23.1 Å². The van der Waals surface area contributed by atoms with Crippen LogP contribution in [0.4, 0.5) is 18.9 Å². The van der Waals surface area contributed by atoms with Gasteiger partial charge in [-0.15, -0.1) is 22.7 Å². The van der Waals surface area contributed by atoms with Crippen molar-refractivity contribution < 1.29 is 46.4 Å². The Morgan fingerprint density at radius 3 is 1.94 bits per heavy atom. The van der Waals surface area contributed by atoms with E-state index in [1.54, 1.807) is 62.6 Å². The zero-order chi connectivity index (χ0) is 69.4. The van der Waals surface area contributed by atoms with Crippen molar-refractivity contribution in [1.29, 1.82) is 0 Å². The molecule has 16 nitrogen and oxygen atoms in total. The number of rotatable bonds is 7. The number of carbonyl (C=O) groups is 2. The normalized spacial score (nSPS) is 17.2. The SMILES string of the molecule is C=CC(=O)N1CCc2ncc(-c3nc4c5ccsc5c3-c3ccc(F)cc3OCCOC/C=C/CCNc3cc(F)ccc3-4)cc2C1.C=CC(=O)N1CCc2ncc(-c3nc4c5ccsc5c3/C=C(/C=C(/F)C=C)OCCOC/C=C/CCOC(/C=c3\c(=C)cnn3C)=C\4)cc2C1.CC. The van der Waals surface area contributed by atoms with E-state index >= 15 is 0 Å². The molecule has 7 aromatic heterocycles. The maximum absolute atomic E-state index is 14.7. The molecule has 99 heavy (non-hydrogen) atoms. The number of fused-ring (bicyclic) bond motifs is 17. The van der Waals surface area contributed by atoms with Crippen molar-refractivity contribution in [3.8, 4) is 50.6 Å². The van der Waals surface area contributed by atoms with Crippen LogP contribution in [0.15, 0.2) is 176 Å². The number of carbonyl (C=O) groups excluding carboxylic acids is 2. The number of nitrogens with one attached hydrogen (secondary N) is 1. The first kappa shape index (κ1) is 70.0. The first-order valence-corrected chi connectivity index (χ1v) is 34.5. The predicted molar refractivity (Wildman–Crippen MR) is 389 cm³/mol. The molecule has 21 heteroatoms. The summed E-state index contributed by atoms with van der Waals surface area (Å²) in [6.45, 7) is 23.8. The predicted octanol–water partition coefficient (Wildman–Crippen LogP) is 14.6. The molecule has 4 bridgehead atoms. The smallest absolute Gasteiger partial charge is 0.246 e. The van der Waals surface area contributed by atoms with Crippen LogP contribution in [0.1, 0.15) is 60.5 Å². The first-order valence-electron chi connectivity index (χ1n) is 32.7. The molecule has 0 atom stereocenters. The van der Waals surface area contributed by atoms with Crippen molar-refractivity contribution in [2.24, 2.45) is 7.05 Å². The Bertz CT molecular complexity index is 4800. The highest BCUT2D eigenvalue weighted by Crippen LogP contribution is 2.48. The van der Waals surface area contributed by atoms with Crippen LogP contribution in [0.3, 0.4) is 0 Å². The number of ether oxygens (including phenoxy) is 5. The lowest BCUT2D eigenvalue weighted by atomic mass is 9.94. The van der Waals surface area contributed by atoms with Crippen molar-refractivity contribution in [1.82, 2.24) is 39.5 Å². The van der Waals surface area contributed by atoms with Crippen molar-refractivity contribution in [3.05, 3.63) is 232 Å². The molecule has 2 amide bonds. The molecule has 12 heterocycles. The van der Waals surface area contributed by atoms with Crippen molar-refractivity contribution in [2.75, 3.05) is 71.2 Å². The minimum Gasteiger partial charge on any atom is -0.493 e. The van der Waals surface area contributed by atoms with Crippen LogP contribution in [-0.4, -0.2) is 117 Å². The van der Waals surface area contributed by atoms with E-state index < -0.39 is 11.6 Å². The van der Waals surface area contributed by atoms with Crippen LogP contribution >= 0.6 is 22.7 Å². The molecule has 5 aliphatic rings. The number of amides is 2. The van der Waals surface area contributed by atoms with E-state index in [0.29, 0.717) is 137 Å². The number of hydrogen-bond acceptors (Lipinski definition) is 15.